The molecule has 0 radical (unpaired) electrons. The van der Waals surface area contributed by atoms with E-state index < -0.39 is 0 Å². The molecule has 0 saturated carbocycles. The van der Waals surface area contributed by atoms with E-state index in [0.717, 1.165) is 43.2 Å². The van der Waals surface area contributed by atoms with Crippen molar-refractivity contribution in [2.24, 2.45) is 18.9 Å². The first-order valence-corrected chi connectivity index (χ1v) is 11.0. The predicted octanol–water partition coefficient (Wildman–Crippen LogP) is 2.29. The van der Waals surface area contributed by atoms with Gasteiger partial charge >= 0.3 is 0 Å². The molecule has 4 rings (SSSR count). The number of rotatable bonds is 4. The van der Waals surface area contributed by atoms with Gasteiger partial charge in [0.2, 0.25) is 0 Å². The molecule has 0 aliphatic carbocycles. The number of nitrogens with zero attached hydrogens (tertiary/aromatic N) is 2. The van der Waals surface area contributed by atoms with Crippen LogP contribution in [0, 0.1) is 18.8 Å². The number of hydrogen-bond donors (Lipinski definition) is 2. The van der Waals surface area contributed by atoms with Gasteiger partial charge < -0.3 is 15.2 Å². The van der Waals surface area contributed by atoms with Crippen molar-refractivity contribution in [2.75, 3.05) is 26.2 Å². The van der Waals surface area contributed by atoms with Gasteiger partial charge in [-0.3, -0.25) is 14.5 Å². The molecule has 6 nitrogen and oxygen atoms in total. The smallest absolute Gasteiger partial charge is 0.263 e. The summed E-state index contributed by atoms with van der Waals surface area (Å²) in [6, 6.07) is 2.79. The van der Waals surface area contributed by atoms with E-state index in [2.05, 4.69) is 15.5 Å². The Morgan fingerprint density at radius 1 is 1.23 bits per heavy atom. The fourth-order valence-electron chi connectivity index (χ4n) is 5.95. The Morgan fingerprint density at radius 3 is 2.70 bits per heavy atom. The molecule has 3 aliphatic rings. The van der Waals surface area contributed by atoms with Crippen molar-refractivity contribution in [2.45, 2.75) is 58.0 Å². The Kier molecular flexibility index (Phi) is 8.80. The maximum atomic E-state index is 12.9. The van der Waals surface area contributed by atoms with Gasteiger partial charge in [-0.2, -0.15) is 0 Å². The summed E-state index contributed by atoms with van der Waals surface area (Å²) < 4.78 is 1.63. The van der Waals surface area contributed by atoms with E-state index >= 15 is 0 Å². The normalized spacial score (nSPS) is 28.0. The number of amides is 1. The number of fused-ring (bicyclic) bond motifs is 4. The predicted molar refractivity (Wildman–Crippen MR) is 125 cm³/mol. The van der Waals surface area contributed by atoms with Gasteiger partial charge in [-0.15, -0.1) is 24.8 Å². The summed E-state index contributed by atoms with van der Waals surface area (Å²) in [4.78, 5) is 28.2. The summed E-state index contributed by atoms with van der Waals surface area (Å²) >= 11 is 0. The quantitative estimate of drug-likeness (QED) is 0.725. The summed E-state index contributed by atoms with van der Waals surface area (Å²) in [5.74, 6) is 1.11. The van der Waals surface area contributed by atoms with Crippen LogP contribution in [0.4, 0.5) is 0 Å². The number of hydrogen-bond acceptors (Lipinski definition) is 4. The van der Waals surface area contributed by atoms with Crippen molar-refractivity contribution in [3.8, 4) is 0 Å². The molecule has 1 aromatic heterocycles. The molecule has 0 unspecified atom stereocenters. The summed E-state index contributed by atoms with van der Waals surface area (Å²) in [6.45, 7) is 7.95. The van der Waals surface area contributed by atoms with Crippen LogP contribution < -0.4 is 16.2 Å². The van der Waals surface area contributed by atoms with E-state index in [1.165, 1.54) is 25.7 Å². The van der Waals surface area contributed by atoms with Crippen molar-refractivity contribution in [1.29, 1.82) is 0 Å². The Balaban J connectivity index is 0.00000160. The summed E-state index contributed by atoms with van der Waals surface area (Å²) in [5, 5.41) is 6.73. The minimum Gasteiger partial charge on any atom is -0.350 e. The molecular formula is C22H36Cl2N4O2. The topological polar surface area (TPSA) is 66.4 Å². The zero-order valence-electron chi connectivity index (χ0n) is 18.3. The molecule has 3 aliphatic heterocycles. The van der Waals surface area contributed by atoms with E-state index in [-0.39, 0.29) is 41.8 Å². The van der Waals surface area contributed by atoms with E-state index in [9.17, 15) is 9.59 Å². The highest BCUT2D eigenvalue weighted by molar-refractivity contribution is 5.94. The van der Waals surface area contributed by atoms with Gasteiger partial charge in [0, 0.05) is 31.4 Å². The molecule has 4 heterocycles. The van der Waals surface area contributed by atoms with E-state index in [1.54, 1.807) is 17.7 Å². The van der Waals surface area contributed by atoms with E-state index in [1.807, 2.05) is 13.8 Å². The van der Waals surface area contributed by atoms with Gasteiger partial charge in [0.15, 0.2) is 0 Å². The number of carbonyl (C=O) groups is 1. The number of aryl methyl sites for hydroxylation is 1. The van der Waals surface area contributed by atoms with Crippen LogP contribution in [0.1, 0.15) is 54.2 Å². The van der Waals surface area contributed by atoms with Gasteiger partial charge in [0.05, 0.1) is 0 Å². The standard InChI is InChI=1S/C22H34N4O2.2ClH/c1-4-18-14(2)9-17(22(28)25(18)3)21(27)24-13-20-16-10-15(11-23-12-16)19-7-5-6-8-26(19)20;;/h9,15-16,19-20,23H,4-8,10-13H2,1-3H3,(H,24,27);2*1H/t15-,16+,19+,20+;;/m1../s1. The number of pyridine rings is 1. The highest BCUT2D eigenvalue weighted by Gasteiger charge is 2.45. The first-order valence-electron chi connectivity index (χ1n) is 11.0. The van der Waals surface area contributed by atoms with Gasteiger partial charge in [-0.05, 0) is 75.7 Å². The van der Waals surface area contributed by atoms with Crippen LogP contribution in [-0.4, -0.2) is 53.6 Å². The minimum absolute atomic E-state index is 0. The molecule has 30 heavy (non-hydrogen) atoms. The third kappa shape index (κ3) is 4.57. The summed E-state index contributed by atoms with van der Waals surface area (Å²) in [7, 11) is 1.76. The maximum Gasteiger partial charge on any atom is 0.263 e. The third-order valence-corrected chi connectivity index (χ3v) is 7.33. The molecule has 1 amide bonds. The largest absolute Gasteiger partial charge is 0.350 e. The van der Waals surface area contributed by atoms with Gasteiger partial charge in [-0.25, -0.2) is 0 Å². The number of piperidine rings is 3. The lowest BCUT2D eigenvalue weighted by atomic mass is 9.73. The van der Waals surface area contributed by atoms with Crippen LogP contribution in [-0.2, 0) is 13.5 Å². The second-order valence-electron chi connectivity index (χ2n) is 8.90. The monoisotopic (exact) mass is 458 g/mol. The van der Waals surface area contributed by atoms with Crippen LogP contribution in [0.5, 0.6) is 0 Å². The fourth-order valence-corrected chi connectivity index (χ4v) is 5.95. The molecule has 3 saturated heterocycles. The Bertz CT molecular complexity index is 813. The first-order chi connectivity index (χ1) is 13.5. The SMILES string of the molecule is CCc1c(C)cc(C(=O)NC[C@H]2[C@@H]3CNC[C@@H](C3)[C@@H]3CCCCN32)c(=O)n1C.Cl.Cl. The average molecular weight is 459 g/mol. The molecular weight excluding hydrogens is 423 g/mol. The molecule has 2 bridgehead atoms. The number of nitrogens with one attached hydrogen (secondary N) is 2. The minimum atomic E-state index is -0.231. The van der Waals surface area contributed by atoms with Gasteiger partial charge in [-0.1, -0.05) is 13.3 Å². The molecule has 3 fully saturated rings. The molecule has 0 aromatic carbocycles. The fraction of sp³-hybridized carbons (Fsp3) is 0.727. The highest BCUT2D eigenvalue weighted by atomic mass is 35.5. The van der Waals surface area contributed by atoms with E-state index in [4.69, 9.17) is 0 Å². The van der Waals surface area contributed by atoms with Crippen molar-refractivity contribution < 1.29 is 4.79 Å². The highest BCUT2D eigenvalue weighted by Crippen LogP contribution is 2.38. The van der Waals surface area contributed by atoms with Crippen LogP contribution in [0.3, 0.4) is 0 Å². The Labute approximate surface area is 192 Å². The Hall–Kier alpha value is -1.08. The first kappa shape index (κ1) is 25.2. The lowest BCUT2D eigenvalue weighted by molar-refractivity contribution is -0.0371. The molecule has 4 atom stereocenters. The molecule has 2 N–H and O–H groups in total. The van der Waals surface area contributed by atoms with Crippen LogP contribution in [0.15, 0.2) is 10.9 Å². The van der Waals surface area contributed by atoms with Crippen molar-refractivity contribution in [3.63, 3.8) is 0 Å². The van der Waals surface area contributed by atoms with E-state index in [0.29, 0.717) is 24.5 Å². The molecule has 1 aromatic rings. The van der Waals surface area contributed by atoms with Crippen LogP contribution >= 0.6 is 24.8 Å². The third-order valence-electron chi connectivity index (χ3n) is 7.33. The zero-order chi connectivity index (χ0) is 19.8. The molecule has 170 valence electrons. The second kappa shape index (κ2) is 10.5. The molecule has 0 spiro atoms. The number of halogens is 2. The van der Waals surface area contributed by atoms with Crippen LogP contribution in [0.2, 0.25) is 0 Å². The molecule has 8 heteroatoms. The van der Waals surface area contributed by atoms with Crippen molar-refractivity contribution in [1.82, 2.24) is 20.1 Å². The Morgan fingerprint density at radius 2 is 1.97 bits per heavy atom. The van der Waals surface area contributed by atoms with Gasteiger partial charge in [0.25, 0.3) is 11.5 Å². The zero-order valence-corrected chi connectivity index (χ0v) is 19.9. The van der Waals surface area contributed by atoms with Crippen LogP contribution in [0.25, 0.3) is 0 Å². The summed E-state index contributed by atoms with van der Waals surface area (Å²) in [6.07, 6.45) is 5.91. The lowest BCUT2D eigenvalue weighted by Crippen LogP contribution is -2.65. The second-order valence-corrected chi connectivity index (χ2v) is 8.90. The lowest BCUT2D eigenvalue weighted by Gasteiger charge is -2.55. The van der Waals surface area contributed by atoms with Crippen molar-refractivity contribution in [3.05, 3.63) is 33.2 Å². The van der Waals surface area contributed by atoms with Gasteiger partial charge in [0.1, 0.15) is 5.56 Å². The average Bonchev–Trinajstić information content (AvgIpc) is 2.71. The maximum absolute atomic E-state index is 12.9. The summed E-state index contributed by atoms with van der Waals surface area (Å²) in [5.41, 5.74) is 2.06. The van der Waals surface area contributed by atoms with Crippen molar-refractivity contribution >= 4 is 30.7 Å². The number of carbonyl (C=O) groups excluding carboxylic acids is 1. The number of aromatic nitrogens is 1.